The van der Waals surface area contributed by atoms with E-state index in [0.29, 0.717) is 11.7 Å². The highest BCUT2D eigenvalue weighted by molar-refractivity contribution is 6.29. The van der Waals surface area contributed by atoms with Crippen LogP contribution < -0.4 is 4.90 Å². The number of rotatable bonds is 4. The SMILES string of the molecule is CC(C)CN(C)c1cc([N+](=O)[O-])cc(Cl)n1. The Morgan fingerprint density at radius 2 is 2.19 bits per heavy atom. The average Bonchev–Trinajstić information content (AvgIpc) is 2.15. The highest BCUT2D eigenvalue weighted by Crippen LogP contribution is 2.22. The maximum absolute atomic E-state index is 10.7. The summed E-state index contributed by atoms with van der Waals surface area (Å²) in [5.74, 6) is 0.970. The van der Waals surface area contributed by atoms with E-state index in [9.17, 15) is 10.1 Å². The Hall–Kier alpha value is -1.36. The minimum atomic E-state index is -0.472. The number of hydrogen-bond acceptors (Lipinski definition) is 4. The molecular formula is C10H14ClN3O2. The van der Waals surface area contributed by atoms with E-state index in [0.717, 1.165) is 6.54 Å². The van der Waals surface area contributed by atoms with Crippen molar-refractivity contribution in [3.8, 4) is 0 Å². The third-order valence-electron chi connectivity index (χ3n) is 2.01. The van der Waals surface area contributed by atoms with Crippen molar-refractivity contribution in [2.24, 2.45) is 5.92 Å². The molecule has 5 nitrogen and oxygen atoms in total. The fourth-order valence-corrected chi connectivity index (χ4v) is 1.61. The molecule has 0 aliphatic carbocycles. The van der Waals surface area contributed by atoms with Gasteiger partial charge in [0.15, 0.2) is 0 Å². The normalized spacial score (nSPS) is 10.6. The molecule has 16 heavy (non-hydrogen) atoms. The Labute approximate surface area is 99.2 Å². The molecule has 1 heterocycles. The van der Waals surface area contributed by atoms with E-state index < -0.39 is 4.92 Å². The van der Waals surface area contributed by atoms with E-state index in [1.54, 1.807) is 0 Å². The molecule has 1 aromatic heterocycles. The van der Waals surface area contributed by atoms with Gasteiger partial charge in [0.05, 0.1) is 17.1 Å². The molecule has 6 heteroatoms. The van der Waals surface area contributed by atoms with E-state index >= 15 is 0 Å². The Balaban J connectivity index is 3.00. The molecule has 88 valence electrons. The largest absolute Gasteiger partial charge is 0.359 e. The van der Waals surface area contributed by atoms with E-state index in [1.165, 1.54) is 12.1 Å². The molecular weight excluding hydrogens is 230 g/mol. The quantitative estimate of drug-likeness (QED) is 0.464. The molecule has 0 fully saturated rings. The fourth-order valence-electron chi connectivity index (χ4n) is 1.41. The number of halogens is 1. The van der Waals surface area contributed by atoms with Gasteiger partial charge in [0.25, 0.3) is 5.69 Å². The second-order valence-electron chi connectivity index (χ2n) is 4.04. The second-order valence-corrected chi connectivity index (χ2v) is 4.42. The number of pyridine rings is 1. The number of hydrogen-bond donors (Lipinski definition) is 0. The predicted molar refractivity (Wildman–Crippen MR) is 64.0 cm³/mol. The van der Waals surface area contributed by atoms with Gasteiger partial charge in [0.2, 0.25) is 0 Å². The maximum atomic E-state index is 10.7. The van der Waals surface area contributed by atoms with E-state index in [1.807, 2.05) is 11.9 Å². The maximum Gasteiger partial charge on any atom is 0.276 e. The average molecular weight is 244 g/mol. The minimum absolute atomic E-state index is 0.0365. The van der Waals surface area contributed by atoms with Crippen molar-refractivity contribution in [1.82, 2.24) is 4.98 Å². The van der Waals surface area contributed by atoms with Crippen molar-refractivity contribution in [3.63, 3.8) is 0 Å². The predicted octanol–water partition coefficient (Wildman–Crippen LogP) is 2.74. The van der Waals surface area contributed by atoms with Gasteiger partial charge in [-0.2, -0.15) is 0 Å². The van der Waals surface area contributed by atoms with Gasteiger partial charge in [0.1, 0.15) is 11.0 Å². The van der Waals surface area contributed by atoms with Gasteiger partial charge in [0, 0.05) is 13.6 Å². The molecule has 0 spiro atoms. The van der Waals surface area contributed by atoms with Crippen LogP contribution in [0.4, 0.5) is 11.5 Å². The van der Waals surface area contributed by atoms with Crippen LogP contribution in [0.15, 0.2) is 12.1 Å². The topological polar surface area (TPSA) is 59.3 Å². The summed E-state index contributed by atoms with van der Waals surface area (Å²) in [6.45, 7) is 4.90. The molecule has 0 aliphatic rings. The zero-order valence-corrected chi connectivity index (χ0v) is 10.2. The number of nitrogens with zero attached hydrogens (tertiary/aromatic N) is 3. The number of nitro groups is 1. The standard InChI is InChI=1S/C10H14ClN3O2/c1-7(2)6-13(3)10-5-8(14(15)16)4-9(11)12-10/h4-5,7H,6H2,1-3H3. The van der Waals surface area contributed by atoms with Crippen LogP contribution in [-0.4, -0.2) is 23.5 Å². The van der Waals surface area contributed by atoms with Crippen molar-refractivity contribution in [2.45, 2.75) is 13.8 Å². The van der Waals surface area contributed by atoms with Crippen LogP contribution in [0.25, 0.3) is 0 Å². The monoisotopic (exact) mass is 243 g/mol. The van der Waals surface area contributed by atoms with Gasteiger partial charge in [-0.05, 0) is 5.92 Å². The van der Waals surface area contributed by atoms with Crippen molar-refractivity contribution in [2.75, 3.05) is 18.5 Å². The summed E-state index contributed by atoms with van der Waals surface area (Å²) in [7, 11) is 1.84. The summed E-state index contributed by atoms with van der Waals surface area (Å²) in [5.41, 5.74) is -0.0365. The second kappa shape index (κ2) is 5.12. The van der Waals surface area contributed by atoms with Gasteiger partial charge in [-0.3, -0.25) is 10.1 Å². The smallest absolute Gasteiger partial charge is 0.276 e. The minimum Gasteiger partial charge on any atom is -0.359 e. The van der Waals surface area contributed by atoms with Crippen LogP contribution >= 0.6 is 11.6 Å². The van der Waals surface area contributed by atoms with E-state index in [4.69, 9.17) is 11.6 Å². The van der Waals surface area contributed by atoms with Crippen LogP contribution in [0.3, 0.4) is 0 Å². The fraction of sp³-hybridized carbons (Fsp3) is 0.500. The van der Waals surface area contributed by atoms with Crippen molar-refractivity contribution >= 4 is 23.1 Å². The van der Waals surface area contributed by atoms with Gasteiger partial charge < -0.3 is 4.90 Å². The molecule has 0 aromatic carbocycles. The molecule has 0 saturated carbocycles. The molecule has 0 unspecified atom stereocenters. The van der Waals surface area contributed by atoms with Crippen LogP contribution in [0.2, 0.25) is 5.15 Å². The third kappa shape index (κ3) is 3.34. The molecule has 0 radical (unpaired) electrons. The number of aromatic nitrogens is 1. The molecule has 1 rings (SSSR count). The van der Waals surface area contributed by atoms with Gasteiger partial charge >= 0.3 is 0 Å². The summed E-state index contributed by atoms with van der Waals surface area (Å²) in [6, 6.07) is 2.67. The highest BCUT2D eigenvalue weighted by Gasteiger charge is 2.13. The van der Waals surface area contributed by atoms with Gasteiger partial charge in [-0.1, -0.05) is 25.4 Å². The lowest BCUT2D eigenvalue weighted by Crippen LogP contribution is -2.23. The van der Waals surface area contributed by atoms with Crippen molar-refractivity contribution in [3.05, 3.63) is 27.4 Å². The molecule has 0 atom stereocenters. The Morgan fingerprint density at radius 3 is 2.69 bits per heavy atom. The lowest BCUT2D eigenvalue weighted by molar-refractivity contribution is -0.384. The van der Waals surface area contributed by atoms with E-state index in [2.05, 4.69) is 18.8 Å². The molecule has 0 saturated heterocycles. The Kier molecular flexibility index (Phi) is 4.06. The molecule has 1 aromatic rings. The molecule has 0 aliphatic heterocycles. The summed E-state index contributed by atoms with van der Waals surface area (Å²) < 4.78 is 0. The Morgan fingerprint density at radius 1 is 1.56 bits per heavy atom. The van der Waals surface area contributed by atoms with Crippen LogP contribution in [0.5, 0.6) is 0 Å². The van der Waals surface area contributed by atoms with Crippen LogP contribution in [0, 0.1) is 16.0 Å². The summed E-state index contributed by atoms with van der Waals surface area (Å²) in [5, 5.41) is 10.8. The number of anilines is 1. The summed E-state index contributed by atoms with van der Waals surface area (Å²) in [4.78, 5) is 16.1. The highest BCUT2D eigenvalue weighted by atomic mass is 35.5. The molecule has 0 N–H and O–H groups in total. The lowest BCUT2D eigenvalue weighted by atomic mass is 10.2. The first-order valence-corrected chi connectivity index (χ1v) is 5.31. The molecule has 0 bridgehead atoms. The first-order chi connectivity index (χ1) is 7.40. The Bertz CT molecular complexity index is 396. The summed E-state index contributed by atoms with van der Waals surface area (Å²) in [6.07, 6.45) is 0. The zero-order chi connectivity index (χ0) is 12.3. The first kappa shape index (κ1) is 12.7. The van der Waals surface area contributed by atoms with Crippen LogP contribution in [0.1, 0.15) is 13.8 Å². The summed E-state index contributed by atoms with van der Waals surface area (Å²) >= 11 is 5.73. The van der Waals surface area contributed by atoms with Crippen molar-refractivity contribution < 1.29 is 4.92 Å². The first-order valence-electron chi connectivity index (χ1n) is 4.93. The van der Waals surface area contributed by atoms with E-state index in [-0.39, 0.29) is 10.8 Å². The van der Waals surface area contributed by atoms with Gasteiger partial charge in [-0.15, -0.1) is 0 Å². The lowest BCUT2D eigenvalue weighted by Gasteiger charge is -2.20. The third-order valence-corrected chi connectivity index (χ3v) is 2.20. The zero-order valence-electron chi connectivity index (χ0n) is 9.48. The van der Waals surface area contributed by atoms with Crippen LogP contribution in [-0.2, 0) is 0 Å². The van der Waals surface area contributed by atoms with Gasteiger partial charge in [-0.25, -0.2) is 4.98 Å². The van der Waals surface area contributed by atoms with Crippen molar-refractivity contribution in [1.29, 1.82) is 0 Å². The molecule has 0 amide bonds.